The van der Waals surface area contributed by atoms with E-state index in [1.165, 1.54) is 23.0 Å². The van der Waals surface area contributed by atoms with Gasteiger partial charge in [-0.05, 0) is 66.6 Å². The van der Waals surface area contributed by atoms with Crippen molar-refractivity contribution in [2.45, 2.75) is 38.6 Å². The number of nitrogens with zero attached hydrogens (tertiary/aromatic N) is 7. The molecular formula is C22H27N7O. The van der Waals surface area contributed by atoms with Gasteiger partial charge in [-0.2, -0.15) is 0 Å². The number of anilines is 1. The average Bonchev–Trinajstić information content (AvgIpc) is 3.50. The molecule has 1 saturated heterocycles. The lowest BCUT2D eigenvalue weighted by Crippen LogP contribution is -2.44. The number of carbonyl (C=O) groups is 1. The van der Waals surface area contributed by atoms with E-state index in [4.69, 9.17) is 0 Å². The van der Waals surface area contributed by atoms with E-state index >= 15 is 0 Å². The number of hydrogen-bond acceptors (Lipinski definition) is 6. The maximum atomic E-state index is 13.5. The Hall–Kier alpha value is -3.03. The molecule has 1 saturated carbocycles. The molecule has 1 atom stereocenters. The molecule has 30 heavy (non-hydrogen) atoms. The van der Waals surface area contributed by atoms with Gasteiger partial charge >= 0.3 is 0 Å². The Morgan fingerprint density at radius 3 is 2.60 bits per heavy atom. The Morgan fingerprint density at radius 2 is 1.87 bits per heavy atom. The van der Waals surface area contributed by atoms with E-state index in [1.807, 2.05) is 18.2 Å². The molecule has 3 aromatic rings. The molecule has 5 rings (SSSR count). The number of hydrogen-bond donors (Lipinski definition) is 0. The van der Waals surface area contributed by atoms with Crippen LogP contribution in [-0.2, 0) is 4.79 Å². The first-order valence-electron chi connectivity index (χ1n) is 10.8. The molecule has 2 aromatic heterocycles. The highest BCUT2D eigenvalue weighted by molar-refractivity contribution is 5.79. The molecule has 0 spiro atoms. The topological polar surface area (TPSA) is 79.5 Å². The van der Waals surface area contributed by atoms with Crippen LogP contribution in [0.5, 0.6) is 0 Å². The first kappa shape index (κ1) is 19.0. The SMILES string of the molecule is CC(c1ccccc1)N(CC1CC1)C(=O)C1CCN(c2ccc3nnnn3n2)CC1. The van der Waals surface area contributed by atoms with E-state index < -0.39 is 0 Å². The molecule has 1 aliphatic carbocycles. The lowest BCUT2D eigenvalue weighted by molar-refractivity contribution is -0.138. The molecular weight excluding hydrogens is 378 g/mol. The van der Waals surface area contributed by atoms with Crippen molar-refractivity contribution in [3.8, 4) is 0 Å². The quantitative estimate of drug-likeness (QED) is 0.627. The number of tetrazole rings is 1. The molecule has 8 nitrogen and oxygen atoms in total. The van der Waals surface area contributed by atoms with Gasteiger partial charge in [-0.1, -0.05) is 30.3 Å². The van der Waals surface area contributed by atoms with Crippen molar-refractivity contribution in [3.05, 3.63) is 48.0 Å². The second kappa shape index (κ2) is 8.01. The Labute approximate surface area is 175 Å². The fourth-order valence-electron chi connectivity index (χ4n) is 4.33. The van der Waals surface area contributed by atoms with Gasteiger partial charge in [-0.3, -0.25) is 4.79 Å². The Balaban J connectivity index is 1.26. The van der Waals surface area contributed by atoms with E-state index in [1.54, 1.807) is 0 Å². The fraction of sp³-hybridized carbons (Fsp3) is 0.500. The van der Waals surface area contributed by atoms with Crippen molar-refractivity contribution < 1.29 is 4.79 Å². The van der Waals surface area contributed by atoms with Crippen molar-refractivity contribution >= 4 is 17.4 Å². The highest BCUT2D eigenvalue weighted by atomic mass is 16.2. The fourth-order valence-corrected chi connectivity index (χ4v) is 4.33. The minimum atomic E-state index is 0.0722. The van der Waals surface area contributed by atoms with Crippen LogP contribution in [0.15, 0.2) is 42.5 Å². The second-order valence-electron chi connectivity index (χ2n) is 8.50. The first-order chi connectivity index (χ1) is 14.7. The molecule has 0 bridgehead atoms. The molecule has 1 unspecified atom stereocenters. The molecule has 0 N–H and O–H groups in total. The van der Waals surface area contributed by atoms with E-state index in [0.717, 1.165) is 38.3 Å². The zero-order chi connectivity index (χ0) is 20.5. The summed E-state index contributed by atoms with van der Waals surface area (Å²) in [5.74, 6) is 1.91. The van der Waals surface area contributed by atoms with Gasteiger partial charge in [0, 0.05) is 25.6 Å². The summed E-state index contributed by atoms with van der Waals surface area (Å²) in [5.41, 5.74) is 1.84. The molecule has 2 aliphatic rings. The highest BCUT2D eigenvalue weighted by Crippen LogP contribution is 2.35. The zero-order valence-corrected chi connectivity index (χ0v) is 17.3. The smallest absolute Gasteiger partial charge is 0.226 e. The number of benzene rings is 1. The van der Waals surface area contributed by atoms with Gasteiger partial charge in [0.25, 0.3) is 0 Å². The predicted octanol–water partition coefficient (Wildman–Crippen LogP) is 2.74. The second-order valence-corrected chi connectivity index (χ2v) is 8.50. The van der Waals surface area contributed by atoms with Crippen molar-refractivity contribution in [2.75, 3.05) is 24.5 Å². The van der Waals surface area contributed by atoms with Gasteiger partial charge in [-0.25, -0.2) is 0 Å². The number of aromatic nitrogens is 5. The lowest BCUT2D eigenvalue weighted by atomic mass is 9.93. The number of fused-ring (bicyclic) bond motifs is 1. The third kappa shape index (κ3) is 3.86. The van der Waals surface area contributed by atoms with Crippen molar-refractivity contribution in [1.29, 1.82) is 0 Å². The average molecular weight is 406 g/mol. The van der Waals surface area contributed by atoms with Gasteiger partial charge < -0.3 is 9.80 Å². The first-order valence-corrected chi connectivity index (χ1v) is 10.8. The van der Waals surface area contributed by atoms with E-state index in [2.05, 4.69) is 61.6 Å². The number of amides is 1. The maximum absolute atomic E-state index is 13.5. The van der Waals surface area contributed by atoms with Gasteiger partial charge in [0.15, 0.2) is 11.5 Å². The van der Waals surface area contributed by atoms with Gasteiger partial charge in [-0.15, -0.1) is 14.8 Å². The van der Waals surface area contributed by atoms with Gasteiger partial charge in [0.1, 0.15) is 0 Å². The predicted molar refractivity (Wildman–Crippen MR) is 113 cm³/mol. The van der Waals surface area contributed by atoms with Crippen LogP contribution < -0.4 is 4.90 Å². The molecule has 3 heterocycles. The van der Waals surface area contributed by atoms with Crippen LogP contribution in [0.2, 0.25) is 0 Å². The monoisotopic (exact) mass is 405 g/mol. The largest absolute Gasteiger partial charge is 0.355 e. The molecule has 1 aliphatic heterocycles. The summed E-state index contributed by atoms with van der Waals surface area (Å²) < 4.78 is 1.45. The number of carbonyl (C=O) groups excluding carboxylic acids is 1. The van der Waals surface area contributed by atoms with Gasteiger partial charge in [0.05, 0.1) is 6.04 Å². The highest BCUT2D eigenvalue weighted by Gasteiger charge is 2.35. The van der Waals surface area contributed by atoms with Crippen LogP contribution in [0.4, 0.5) is 5.82 Å². The Morgan fingerprint density at radius 1 is 1.10 bits per heavy atom. The van der Waals surface area contributed by atoms with E-state index in [-0.39, 0.29) is 12.0 Å². The van der Waals surface area contributed by atoms with Crippen molar-refractivity contribution in [3.63, 3.8) is 0 Å². The summed E-state index contributed by atoms with van der Waals surface area (Å²) in [7, 11) is 0. The van der Waals surface area contributed by atoms with Gasteiger partial charge in [0.2, 0.25) is 5.91 Å². The lowest BCUT2D eigenvalue weighted by Gasteiger charge is -2.37. The standard InChI is InChI=1S/C22H27N7O/c1-16(18-5-3-2-4-6-18)28(15-17-7-8-17)22(30)19-11-13-27(14-12-19)21-10-9-20-23-25-26-29(20)24-21/h2-6,9-10,16-17,19H,7-8,11-15H2,1H3. The van der Waals surface area contributed by atoms with Crippen LogP contribution >= 0.6 is 0 Å². The van der Waals surface area contributed by atoms with Crippen LogP contribution in [0.3, 0.4) is 0 Å². The van der Waals surface area contributed by atoms with E-state index in [0.29, 0.717) is 17.5 Å². The van der Waals surface area contributed by atoms with Crippen LogP contribution in [0.25, 0.3) is 5.65 Å². The third-order valence-corrected chi connectivity index (χ3v) is 6.41. The summed E-state index contributed by atoms with van der Waals surface area (Å²) in [6.45, 7) is 4.67. The number of rotatable bonds is 6. The summed E-state index contributed by atoms with van der Waals surface area (Å²) in [4.78, 5) is 17.9. The summed E-state index contributed by atoms with van der Waals surface area (Å²) >= 11 is 0. The minimum absolute atomic E-state index is 0.0722. The molecule has 156 valence electrons. The van der Waals surface area contributed by atoms with Crippen molar-refractivity contribution in [1.82, 2.24) is 30.2 Å². The molecule has 0 radical (unpaired) electrons. The number of piperidine rings is 1. The maximum Gasteiger partial charge on any atom is 0.226 e. The molecule has 2 fully saturated rings. The summed E-state index contributed by atoms with van der Waals surface area (Å²) in [6, 6.07) is 14.3. The Bertz CT molecular complexity index is 1010. The Kier molecular flexibility index (Phi) is 5.06. The molecule has 1 aromatic carbocycles. The van der Waals surface area contributed by atoms with Crippen LogP contribution in [0, 0.1) is 11.8 Å². The molecule has 8 heteroatoms. The van der Waals surface area contributed by atoms with Crippen molar-refractivity contribution in [2.24, 2.45) is 11.8 Å². The van der Waals surface area contributed by atoms with Crippen LogP contribution in [-0.4, -0.2) is 55.7 Å². The third-order valence-electron chi connectivity index (χ3n) is 6.41. The summed E-state index contributed by atoms with van der Waals surface area (Å²) in [5, 5.41) is 15.9. The molecule has 1 amide bonds. The van der Waals surface area contributed by atoms with E-state index in [9.17, 15) is 4.79 Å². The summed E-state index contributed by atoms with van der Waals surface area (Å²) in [6.07, 6.45) is 4.18. The van der Waals surface area contributed by atoms with Crippen LogP contribution in [0.1, 0.15) is 44.2 Å². The zero-order valence-electron chi connectivity index (χ0n) is 17.3. The normalized spacial score (nSPS) is 18.5. The minimum Gasteiger partial charge on any atom is -0.355 e.